The summed E-state index contributed by atoms with van der Waals surface area (Å²) in [6.07, 6.45) is 0. The van der Waals surface area contributed by atoms with Gasteiger partial charge in [0, 0.05) is 31.9 Å². The third-order valence-electron chi connectivity index (χ3n) is 4.74. The lowest BCUT2D eigenvalue weighted by molar-refractivity contribution is -0.130. The summed E-state index contributed by atoms with van der Waals surface area (Å²) >= 11 is 1.31. The molecule has 0 spiro atoms. The SMILES string of the molecule is O=C(CN1CCN(C(=O)CSc2nc3ccccc3o2)CC1)Nc1ccccc1. The molecule has 2 heterocycles. The number of aromatic nitrogens is 1. The fourth-order valence-corrected chi connectivity index (χ4v) is 3.95. The lowest BCUT2D eigenvalue weighted by atomic mass is 10.3. The second kappa shape index (κ2) is 9.11. The first-order valence-electron chi connectivity index (χ1n) is 9.51. The van der Waals surface area contributed by atoms with Gasteiger partial charge in [-0.25, -0.2) is 4.98 Å². The summed E-state index contributed by atoms with van der Waals surface area (Å²) in [6.45, 7) is 2.93. The highest BCUT2D eigenvalue weighted by molar-refractivity contribution is 7.99. The monoisotopic (exact) mass is 410 g/mol. The fourth-order valence-electron chi connectivity index (χ4n) is 3.21. The molecule has 0 aliphatic carbocycles. The molecule has 150 valence electrons. The Bertz CT molecular complexity index is 951. The summed E-state index contributed by atoms with van der Waals surface area (Å²) in [4.78, 5) is 33.0. The Morgan fingerprint density at radius 3 is 2.48 bits per heavy atom. The standard InChI is InChI=1S/C21H22N4O3S/c26-19(22-16-6-2-1-3-7-16)14-24-10-12-25(13-11-24)20(27)15-29-21-23-17-8-4-5-9-18(17)28-21/h1-9H,10-15H2,(H,22,26). The number of nitrogens with zero attached hydrogens (tertiary/aromatic N) is 3. The number of carbonyl (C=O) groups excluding carboxylic acids is 2. The molecule has 3 aromatic rings. The molecule has 1 N–H and O–H groups in total. The van der Waals surface area contributed by atoms with Crippen molar-refractivity contribution in [2.45, 2.75) is 5.22 Å². The summed E-state index contributed by atoms with van der Waals surface area (Å²) in [5.74, 6) is 0.314. The van der Waals surface area contributed by atoms with Gasteiger partial charge in [0.25, 0.3) is 5.22 Å². The molecule has 0 atom stereocenters. The molecule has 0 radical (unpaired) electrons. The molecule has 1 aliphatic rings. The number of para-hydroxylation sites is 3. The molecule has 2 amide bonds. The minimum atomic E-state index is -0.0394. The predicted octanol–water partition coefficient (Wildman–Crippen LogP) is 2.70. The number of rotatable bonds is 6. The molecule has 0 bridgehead atoms. The van der Waals surface area contributed by atoms with Crippen molar-refractivity contribution in [2.75, 3.05) is 43.8 Å². The van der Waals surface area contributed by atoms with Crippen molar-refractivity contribution < 1.29 is 14.0 Å². The zero-order chi connectivity index (χ0) is 20.1. The van der Waals surface area contributed by atoms with Gasteiger partial charge >= 0.3 is 0 Å². The topological polar surface area (TPSA) is 78.7 Å². The van der Waals surface area contributed by atoms with Gasteiger partial charge in [0.1, 0.15) is 5.52 Å². The van der Waals surface area contributed by atoms with Gasteiger partial charge in [0.05, 0.1) is 12.3 Å². The largest absolute Gasteiger partial charge is 0.431 e. The van der Waals surface area contributed by atoms with E-state index in [9.17, 15) is 9.59 Å². The number of oxazole rings is 1. The van der Waals surface area contributed by atoms with Crippen molar-refractivity contribution in [1.29, 1.82) is 0 Å². The number of piperazine rings is 1. The summed E-state index contributed by atoms with van der Waals surface area (Å²) in [6, 6.07) is 17.0. The smallest absolute Gasteiger partial charge is 0.257 e. The van der Waals surface area contributed by atoms with E-state index in [-0.39, 0.29) is 11.8 Å². The Kier molecular flexibility index (Phi) is 6.12. The van der Waals surface area contributed by atoms with Gasteiger partial charge in [0.15, 0.2) is 5.58 Å². The Balaban J connectivity index is 1.20. The van der Waals surface area contributed by atoms with Gasteiger partial charge in [-0.05, 0) is 24.3 Å². The maximum absolute atomic E-state index is 12.5. The Hall–Kier alpha value is -2.84. The van der Waals surface area contributed by atoms with E-state index in [1.165, 1.54) is 11.8 Å². The van der Waals surface area contributed by atoms with Crippen LogP contribution in [-0.2, 0) is 9.59 Å². The predicted molar refractivity (Wildman–Crippen MR) is 113 cm³/mol. The van der Waals surface area contributed by atoms with E-state index >= 15 is 0 Å². The molecular formula is C21H22N4O3S. The second-order valence-electron chi connectivity index (χ2n) is 6.81. The molecule has 4 rings (SSSR count). The van der Waals surface area contributed by atoms with E-state index in [2.05, 4.69) is 15.2 Å². The van der Waals surface area contributed by atoms with E-state index in [1.54, 1.807) is 0 Å². The minimum Gasteiger partial charge on any atom is -0.431 e. The second-order valence-corrected chi connectivity index (χ2v) is 7.73. The molecule has 29 heavy (non-hydrogen) atoms. The molecule has 1 fully saturated rings. The van der Waals surface area contributed by atoms with Crippen LogP contribution in [0.15, 0.2) is 64.2 Å². The third kappa shape index (κ3) is 5.16. The average Bonchev–Trinajstić information content (AvgIpc) is 3.16. The van der Waals surface area contributed by atoms with Crippen molar-refractivity contribution in [3.8, 4) is 0 Å². The molecule has 0 saturated carbocycles. The molecule has 0 unspecified atom stereocenters. The number of hydrogen-bond acceptors (Lipinski definition) is 6. The Morgan fingerprint density at radius 2 is 1.72 bits per heavy atom. The minimum absolute atomic E-state index is 0.0394. The average molecular weight is 410 g/mol. The highest BCUT2D eigenvalue weighted by Crippen LogP contribution is 2.23. The quantitative estimate of drug-likeness (QED) is 0.630. The number of fused-ring (bicyclic) bond motifs is 1. The zero-order valence-electron chi connectivity index (χ0n) is 15.9. The van der Waals surface area contributed by atoms with E-state index in [0.717, 1.165) is 16.8 Å². The number of hydrogen-bond donors (Lipinski definition) is 1. The molecule has 1 aromatic heterocycles. The van der Waals surface area contributed by atoms with Crippen LogP contribution in [0.2, 0.25) is 0 Å². The number of thioether (sulfide) groups is 1. The number of carbonyl (C=O) groups is 2. The molecule has 8 heteroatoms. The normalized spacial score (nSPS) is 14.8. The van der Waals surface area contributed by atoms with Crippen LogP contribution in [0, 0.1) is 0 Å². The van der Waals surface area contributed by atoms with Crippen LogP contribution < -0.4 is 5.32 Å². The van der Waals surface area contributed by atoms with Crippen LogP contribution in [0.3, 0.4) is 0 Å². The Labute approximate surface area is 173 Å². The molecular weight excluding hydrogens is 388 g/mol. The maximum atomic E-state index is 12.5. The van der Waals surface area contributed by atoms with Gasteiger partial charge in [-0.15, -0.1) is 0 Å². The van der Waals surface area contributed by atoms with Crippen molar-refractivity contribution >= 4 is 40.4 Å². The van der Waals surface area contributed by atoms with Gasteiger partial charge in [-0.2, -0.15) is 0 Å². The maximum Gasteiger partial charge on any atom is 0.257 e. The third-order valence-corrected chi connectivity index (χ3v) is 5.56. The van der Waals surface area contributed by atoms with Crippen molar-refractivity contribution in [2.24, 2.45) is 0 Å². The highest BCUT2D eigenvalue weighted by atomic mass is 32.2. The van der Waals surface area contributed by atoms with Crippen LogP contribution in [0.25, 0.3) is 11.1 Å². The zero-order valence-corrected chi connectivity index (χ0v) is 16.7. The van der Waals surface area contributed by atoms with E-state index < -0.39 is 0 Å². The number of anilines is 1. The molecule has 7 nitrogen and oxygen atoms in total. The summed E-state index contributed by atoms with van der Waals surface area (Å²) in [5.41, 5.74) is 2.32. The van der Waals surface area contributed by atoms with E-state index in [4.69, 9.17) is 4.42 Å². The summed E-state index contributed by atoms with van der Waals surface area (Å²) in [5, 5.41) is 3.40. The number of nitrogens with one attached hydrogen (secondary N) is 1. The van der Waals surface area contributed by atoms with Gasteiger partial charge in [-0.3, -0.25) is 14.5 Å². The van der Waals surface area contributed by atoms with Crippen LogP contribution in [0.5, 0.6) is 0 Å². The first-order chi connectivity index (χ1) is 14.2. The summed E-state index contributed by atoms with van der Waals surface area (Å²) < 4.78 is 5.64. The Morgan fingerprint density at radius 1 is 1.00 bits per heavy atom. The van der Waals surface area contributed by atoms with Crippen LogP contribution in [0.4, 0.5) is 5.69 Å². The molecule has 1 saturated heterocycles. The summed E-state index contributed by atoms with van der Waals surface area (Å²) in [7, 11) is 0. The molecule has 2 aromatic carbocycles. The van der Waals surface area contributed by atoms with Crippen molar-refractivity contribution in [3.05, 3.63) is 54.6 Å². The highest BCUT2D eigenvalue weighted by Gasteiger charge is 2.23. The van der Waals surface area contributed by atoms with Crippen molar-refractivity contribution in [3.63, 3.8) is 0 Å². The van der Waals surface area contributed by atoms with Gasteiger partial charge in [-0.1, -0.05) is 42.1 Å². The van der Waals surface area contributed by atoms with E-state index in [1.807, 2.05) is 59.5 Å². The van der Waals surface area contributed by atoms with Crippen LogP contribution >= 0.6 is 11.8 Å². The van der Waals surface area contributed by atoms with Crippen LogP contribution in [-0.4, -0.2) is 65.1 Å². The molecule has 1 aliphatic heterocycles. The first kappa shape index (κ1) is 19.5. The number of amides is 2. The van der Waals surface area contributed by atoms with Crippen LogP contribution in [0.1, 0.15) is 0 Å². The van der Waals surface area contributed by atoms with Crippen molar-refractivity contribution in [1.82, 2.24) is 14.8 Å². The van der Waals surface area contributed by atoms with Gasteiger partial charge < -0.3 is 14.6 Å². The van der Waals surface area contributed by atoms with Gasteiger partial charge in [0.2, 0.25) is 11.8 Å². The van der Waals surface area contributed by atoms with E-state index in [0.29, 0.717) is 43.7 Å². The number of benzene rings is 2. The lowest BCUT2D eigenvalue weighted by Crippen LogP contribution is -2.50. The first-order valence-corrected chi connectivity index (χ1v) is 10.5. The lowest BCUT2D eigenvalue weighted by Gasteiger charge is -2.34. The fraction of sp³-hybridized carbons (Fsp3) is 0.286.